The van der Waals surface area contributed by atoms with Crippen molar-refractivity contribution in [2.75, 3.05) is 26.4 Å². The van der Waals surface area contributed by atoms with Gasteiger partial charge in [-0.2, -0.15) is 0 Å². The van der Waals surface area contributed by atoms with Crippen molar-refractivity contribution in [3.05, 3.63) is 24.3 Å². The molecular formula is C12H14O9. The summed E-state index contributed by atoms with van der Waals surface area (Å²) in [5.41, 5.74) is 0. The number of carbonyl (C=O) groups excluding carboxylic acids is 2. The Balaban J connectivity index is 3.52. The highest BCUT2D eigenvalue weighted by molar-refractivity contribution is 5.91. The van der Waals surface area contributed by atoms with Gasteiger partial charge >= 0.3 is 23.9 Å². The quantitative estimate of drug-likeness (QED) is 0.307. The lowest BCUT2D eigenvalue weighted by molar-refractivity contribution is -0.141. The second-order valence-electron chi connectivity index (χ2n) is 3.29. The van der Waals surface area contributed by atoms with E-state index in [4.69, 9.17) is 14.9 Å². The fourth-order valence-electron chi connectivity index (χ4n) is 0.879. The zero-order chi connectivity index (χ0) is 16.1. The minimum absolute atomic E-state index is 0.0369. The van der Waals surface area contributed by atoms with E-state index in [-0.39, 0.29) is 26.4 Å². The molecule has 0 aromatic carbocycles. The highest BCUT2D eigenvalue weighted by Gasteiger charge is 2.00. The molecule has 21 heavy (non-hydrogen) atoms. The molecule has 0 heterocycles. The van der Waals surface area contributed by atoms with E-state index in [1.807, 2.05) is 0 Å². The molecule has 0 rings (SSSR count). The van der Waals surface area contributed by atoms with Crippen molar-refractivity contribution in [3.8, 4) is 0 Å². The van der Waals surface area contributed by atoms with E-state index >= 15 is 0 Å². The van der Waals surface area contributed by atoms with Gasteiger partial charge in [0.1, 0.15) is 13.2 Å². The Morgan fingerprint density at radius 3 is 1.38 bits per heavy atom. The van der Waals surface area contributed by atoms with Gasteiger partial charge < -0.3 is 24.4 Å². The molecule has 0 spiro atoms. The Labute approximate surface area is 119 Å². The predicted molar refractivity (Wildman–Crippen MR) is 66.3 cm³/mol. The Morgan fingerprint density at radius 1 is 0.667 bits per heavy atom. The van der Waals surface area contributed by atoms with Crippen LogP contribution in [0, 0.1) is 0 Å². The van der Waals surface area contributed by atoms with Crippen LogP contribution in [0.5, 0.6) is 0 Å². The van der Waals surface area contributed by atoms with Gasteiger partial charge in [0.15, 0.2) is 0 Å². The normalized spacial score (nSPS) is 10.7. The predicted octanol–water partition coefficient (Wildman–Crippen LogP) is -0.629. The number of hydrogen-bond acceptors (Lipinski definition) is 7. The van der Waals surface area contributed by atoms with E-state index in [9.17, 15) is 19.2 Å². The van der Waals surface area contributed by atoms with Crippen LogP contribution in [-0.2, 0) is 33.4 Å². The number of ether oxygens (including phenoxy) is 3. The molecule has 0 saturated heterocycles. The van der Waals surface area contributed by atoms with E-state index in [1.165, 1.54) is 0 Å². The van der Waals surface area contributed by atoms with Crippen LogP contribution >= 0.6 is 0 Å². The molecular weight excluding hydrogens is 288 g/mol. The molecule has 0 aromatic heterocycles. The standard InChI is InChI=1S/C12H14O9/c13-9(14)1-3-11(17)20-7-5-19-6-8-21-12(18)4-2-10(15)16/h1-4H,5-8H2,(H,13,14)(H,15,16)/b3-1-,4-2-. The molecule has 0 saturated carbocycles. The number of aliphatic carboxylic acids is 2. The highest BCUT2D eigenvalue weighted by Crippen LogP contribution is 1.86. The summed E-state index contributed by atoms with van der Waals surface area (Å²) in [6.45, 7) is -0.102. The molecule has 0 radical (unpaired) electrons. The van der Waals surface area contributed by atoms with Gasteiger partial charge in [-0.25, -0.2) is 19.2 Å². The first-order valence-corrected chi connectivity index (χ1v) is 5.65. The van der Waals surface area contributed by atoms with Crippen molar-refractivity contribution in [1.29, 1.82) is 0 Å². The van der Waals surface area contributed by atoms with Crippen molar-refractivity contribution in [2.24, 2.45) is 0 Å². The highest BCUT2D eigenvalue weighted by atomic mass is 16.6. The first kappa shape index (κ1) is 18.3. The van der Waals surface area contributed by atoms with Crippen molar-refractivity contribution in [3.63, 3.8) is 0 Å². The molecule has 0 bridgehead atoms. The largest absolute Gasteiger partial charge is 0.478 e. The summed E-state index contributed by atoms with van der Waals surface area (Å²) in [4.78, 5) is 42.0. The Bertz CT molecular complexity index is 396. The number of hydrogen-bond donors (Lipinski definition) is 2. The molecule has 0 aliphatic heterocycles. The van der Waals surface area contributed by atoms with E-state index < -0.39 is 23.9 Å². The Hall–Kier alpha value is -2.68. The number of carboxylic acids is 2. The zero-order valence-corrected chi connectivity index (χ0v) is 10.9. The summed E-state index contributed by atoms with van der Waals surface area (Å²) >= 11 is 0. The minimum atomic E-state index is -1.26. The first-order valence-electron chi connectivity index (χ1n) is 5.65. The van der Waals surface area contributed by atoms with Crippen LogP contribution in [0.4, 0.5) is 0 Å². The molecule has 0 aromatic rings. The number of carbonyl (C=O) groups is 4. The van der Waals surface area contributed by atoms with Crippen molar-refractivity contribution < 1.29 is 43.6 Å². The molecule has 0 fully saturated rings. The van der Waals surface area contributed by atoms with E-state index in [0.717, 1.165) is 12.2 Å². The monoisotopic (exact) mass is 302 g/mol. The number of rotatable bonds is 10. The maximum atomic E-state index is 10.9. The molecule has 9 heteroatoms. The molecule has 0 unspecified atom stereocenters. The van der Waals surface area contributed by atoms with Gasteiger partial charge in [-0.05, 0) is 0 Å². The first-order chi connectivity index (χ1) is 9.91. The van der Waals surface area contributed by atoms with Gasteiger partial charge in [0.2, 0.25) is 0 Å². The molecule has 0 atom stereocenters. The lowest BCUT2D eigenvalue weighted by atomic mass is 10.5. The van der Waals surface area contributed by atoms with Crippen LogP contribution < -0.4 is 0 Å². The van der Waals surface area contributed by atoms with Crippen LogP contribution in [0.2, 0.25) is 0 Å². The van der Waals surface area contributed by atoms with Gasteiger partial charge in [0, 0.05) is 24.3 Å². The second kappa shape index (κ2) is 11.2. The van der Waals surface area contributed by atoms with Gasteiger partial charge in [-0.1, -0.05) is 0 Å². The fraction of sp³-hybridized carbons (Fsp3) is 0.333. The van der Waals surface area contributed by atoms with Crippen molar-refractivity contribution >= 4 is 23.9 Å². The molecule has 0 amide bonds. The topological polar surface area (TPSA) is 136 Å². The van der Waals surface area contributed by atoms with Crippen LogP contribution in [0.3, 0.4) is 0 Å². The molecule has 0 aliphatic carbocycles. The van der Waals surface area contributed by atoms with E-state index in [1.54, 1.807) is 0 Å². The molecule has 9 nitrogen and oxygen atoms in total. The zero-order valence-electron chi connectivity index (χ0n) is 10.9. The van der Waals surface area contributed by atoms with E-state index in [2.05, 4.69) is 9.47 Å². The lowest BCUT2D eigenvalue weighted by Crippen LogP contribution is -2.13. The van der Waals surface area contributed by atoms with Gasteiger partial charge in [-0.15, -0.1) is 0 Å². The summed E-state index contributed by atoms with van der Waals surface area (Å²) < 4.78 is 14.1. The van der Waals surface area contributed by atoms with E-state index in [0.29, 0.717) is 12.2 Å². The molecule has 116 valence electrons. The SMILES string of the molecule is O=C(O)/C=C\C(=O)OCCOCCOC(=O)/C=C\C(=O)O. The lowest BCUT2D eigenvalue weighted by Gasteiger charge is -2.04. The molecule has 2 N–H and O–H groups in total. The molecule has 0 aliphatic rings. The fourth-order valence-corrected chi connectivity index (χ4v) is 0.879. The van der Waals surface area contributed by atoms with Gasteiger partial charge in [0.25, 0.3) is 0 Å². The summed E-state index contributed by atoms with van der Waals surface area (Å²) in [6.07, 6.45) is 2.82. The number of esters is 2. The summed E-state index contributed by atoms with van der Waals surface area (Å²) in [6, 6.07) is 0. The maximum Gasteiger partial charge on any atom is 0.331 e. The third kappa shape index (κ3) is 13.6. The van der Waals surface area contributed by atoms with Gasteiger partial charge in [-0.3, -0.25) is 0 Å². The third-order valence-corrected chi connectivity index (χ3v) is 1.67. The minimum Gasteiger partial charge on any atom is -0.478 e. The third-order valence-electron chi connectivity index (χ3n) is 1.67. The van der Waals surface area contributed by atoms with Gasteiger partial charge in [0.05, 0.1) is 13.2 Å². The average Bonchev–Trinajstić information content (AvgIpc) is 2.41. The van der Waals surface area contributed by atoms with Crippen molar-refractivity contribution in [1.82, 2.24) is 0 Å². The Kier molecular flexibility index (Phi) is 9.75. The van der Waals surface area contributed by atoms with Crippen LogP contribution in [0.1, 0.15) is 0 Å². The van der Waals surface area contributed by atoms with Crippen molar-refractivity contribution in [2.45, 2.75) is 0 Å². The summed E-state index contributed by atoms with van der Waals surface area (Å²) in [5, 5.41) is 16.5. The summed E-state index contributed by atoms with van der Waals surface area (Å²) in [7, 11) is 0. The van der Waals surface area contributed by atoms with Crippen LogP contribution in [0.25, 0.3) is 0 Å². The smallest absolute Gasteiger partial charge is 0.331 e. The van der Waals surface area contributed by atoms with Crippen LogP contribution in [0.15, 0.2) is 24.3 Å². The summed E-state index contributed by atoms with van der Waals surface area (Å²) in [5.74, 6) is -4.15. The second-order valence-corrected chi connectivity index (χ2v) is 3.29. The average molecular weight is 302 g/mol. The van der Waals surface area contributed by atoms with Crippen LogP contribution in [-0.4, -0.2) is 60.5 Å². The number of carboxylic acid groups (broad SMARTS) is 2. The maximum absolute atomic E-state index is 10.9. The Morgan fingerprint density at radius 2 is 1.05 bits per heavy atom.